The number of nitrogens with zero attached hydrogens (tertiary/aromatic N) is 1. The first kappa shape index (κ1) is 34.8. The van der Waals surface area contributed by atoms with Gasteiger partial charge in [-0.3, -0.25) is 9.59 Å². The number of imidazole rings is 1. The van der Waals surface area contributed by atoms with Crippen molar-refractivity contribution in [1.29, 1.82) is 0 Å². The summed E-state index contributed by atoms with van der Waals surface area (Å²) in [4.78, 5) is 46.9. The molecule has 5 atom stereocenters. The van der Waals surface area contributed by atoms with Crippen molar-refractivity contribution < 1.29 is 29.3 Å². The molecule has 2 rings (SSSR count). The second kappa shape index (κ2) is 16.3. The Labute approximate surface area is 249 Å². The zero-order valence-corrected chi connectivity index (χ0v) is 25.9. The second-order valence-corrected chi connectivity index (χ2v) is 12.7. The Morgan fingerprint density at radius 1 is 0.881 bits per heavy atom. The molecule has 0 saturated heterocycles. The van der Waals surface area contributed by atoms with E-state index in [2.05, 4.69) is 25.9 Å². The van der Waals surface area contributed by atoms with Crippen molar-refractivity contribution >= 4 is 17.9 Å². The highest BCUT2D eigenvalue weighted by Crippen LogP contribution is 2.17. The monoisotopic (exact) mass is 587 g/mol. The third kappa shape index (κ3) is 12.6. The van der Waals surface area contributed by atoms with Crippen molar-refractivity contribution in [3.63, 3.8) is 0 Å². The van der Waals surface area contributed by atoms with Gasteiger partial charge in [0.25, 0.3) is 0 Å². The number of aliphatic hydroxyl groups excluding tert-OH is 2. The largest absolute Gasteiger partial charge is 0.444 e. The zero-order chi connectivity index (χ0) is 31.4. The minimum absolute atomic E-state index is 0.0844. The van der Waals surface area contributed by atoms with Crippen molar-refractivity contribution in [2.45, 2.75) is 110 Å². The summed E-state index contributed by atoms with van der Waals surface area (Å²) in [5.41, 5.74) is 0.645. The number of aromatic nitrogens is 2. The number of carbonyl (C=O) groups excluding carboxylic acids is 3. The Bertz CT molecular complexity index is 1100. The number of hydrogen-bond acceptors (Lipinski definition) is 7. The van der Waals surface area contributed by atoms with Crippen LogP contribution in [0.3, 0.4) is 0 Å². The first-order valence-corrected chi connectivity index (χ1v) is 14.6. The van der Waals surface area contributed by atoms with Gasteiger partial charge in [0.2, 0.25) is 11.8 Å². The number of alkyl carbamates (subject to hydrolysis) is 1. The smallest absolute Gasteiger partial charge is 0.408 e. The van der Waals surface area contributed by atoms with Gasteiger partial charge in [0, 0.05) is 24.7 Å². The maximum atomic E-state index is 13.7. The summed E-state index contributed by atoms with van der Waals surface area (Å²) in [5, 5.41) is 29.9. The van der Waals surface area contributed by atoms with E-state index in [4.69, 9.17) is 4.74 Å². The van der Waals surface area contributed by atoms with Gasteiger partial charge in [-0.1, -0.05) is 58.0 Å². The first-order chi connectivity index (χ1) is 19.6. The molecule has 0 radical (unpaired) electrons. The van der Waals surface area contributed by atoms with Crippen LogP contribution in [0.2, 0.25) is 0 Å². The van der Waals surface area contributed by atoms with E-state index in [1.165, 1.54) is 6.33 Å². The summed E-state index contributed by atoms with van der Waals surface area (Å²) in [7, 11) is 0. The molecular weight excluding hydrogens is 538 g/mol. The molecule has 1 aromatic heterocycles. The average Bonchev–Trinajstić information content (AvgIpc) is 3.39. The van der Waals surface area contributed by atoms with E-state index in [9.17, 15) is 24.6 Å². The van der Waals surface area contributed by atoms with Crippen LogP contribution in [0.15, 0.2) is 42.9 Å². The quantitative estimate of drug-likeness (QED) is 0.186. The number of aromatic amines is 1. The molecule has 11 nitrogen and oxygen atoms in total. The molecule has 0 unspecified atom stereocenters. The van der Waals surface area contributed by atoms with Gasteiger partial charge >= 0.3 is 6.09 Å². The van der Waals surface area contributed by atoms with Crippen LogP contribution in [0.4, 0.5) is 4.79 Å². The number of ether oxygens (including phenoxy) is 1. The highest BCUT2D eigenvalue weighted by molar-refractivity contribution is 5.91. The summed E-state index contributed by atoms with van der Waals surface area (Å²) < 4.78 is 5.39. The van der Waals surface area contributed by atoms with Gasteiger partial charge < -0.3 is 35.9 Å². The molecule has 0 aliphatic heterocycles. The SMILES string of the molecule is CC(C)C[C@H](NC(=O)[C@H](Cc1cnc[nH]1)NC(=O)[C@H](Cc1ccccc1)NC(=O)OC(C)(C)C)[C@@H](O)[C@@H](O)CC(C)C. The molecule has 0 fully saturated rings. The maximum absolute atomic E-state index is 13.7. The summed E-state index contributed by atoms with van der Waals surface area (Å²) in [6, 6.07) is 6.35. The van der Waals surface area contributed by atoms with Crippen molar-refractivity contribution in [3.05, 3.63) is 54.1 Å². The predicted octanol–water partition coefficient (Wildman–Crippen LogP) is 2.87. The van der Waals surface area contributed by atoms with E-state index < -0.39 is 53.8 Å². The van der Waals surface area contributed by atoms with Gasteiger partial charge in [0.05, 0.1) is 18.5 Å². The predicted molar refractivity (Wildman–Crippen MR) is 160 cm³/mol. The average molecular weight is 588 g/mol. The van der Waals surface area contributed by atoms with E-state index in [1.807, 2.05) is 58.0 Å². The lowest BCUT2D eigenvalue weighted by atomic mass is 9.92. The standard InChI is InChI=1S/C31H49N5O6/c1-19(2)13-23(27(38)26(37)14-20(3)4)34-29(40)25(16-22-17-32-18-33-22)35-28(39)24(15-21-11-9-8-10-12-21)36-30(41)42-31(5,6)7/h8-12,17-20,23-27,37-38H,13-16H2,1-7H3,(H,32,33)(H,34,40)(H,35,39)(H,36,41)/t23-,24-,25-,26-,27+/m0/s1. The van der Waals surface area contributed by atoms with Crippen LogP contribution in [-0.4, -0.2) is 74.0 Å². The minimum atomic E-state index is -1.19. The van der Waals surface area contributed by atoms with Crippen LogP contribution >= 0.6 is 0 Å². The Hall–Kier alpha value is -3.44. The lowest BCUT2D eigenvalue weighted by Gasteiger charge is -2.31. The van der Waals surface area contributed by atoms with Crippen molar-refractivity contribution in [2.24, 2.45) is 11.8 Å². The summed E-state index contributed by atoms with van der Waals surface area (Å²) in [6.07, 6.45) is 1.10. The van der Waals surface area contributed by atoms with Crippen LogP contribution in [-0.2, 0) is 27.2 Å². The number of amides is 3. The van der Waals surface area contributed by atoms with Gasteiger partial charge in [-0.15, -0.1) is 0 Å². The van der Waals surface area contributed by atoms with Crippen LogP contribution in [0.5, 0.6) is 0 Å². The van der Waals surface area contributed by atoms with Gasteiger partial charge in [-0.2, -0.15) is 0 Å². The van der Waals surface area contributed by atoms with Crippen LogP contribution < -0.4 is 16.0 Å². The number of aliphatic hydroxyl groups is 2. The number of rotatable bonds is 15. The van der Waals surface area contributed by atoms with E-state index in [-0.39, 0.29) is 24.7 Å². The molecule has 11 heteroatoms. The van der Waals surface area contributed by atoms with E-state index in [0.29, 0.717) is 18.5 Å². The normalized spacial score (nSPS) is 15.4. The van der Waals surface area contributed by atoms with Crippen LogP contribution in [0.25, 0.3) is 0 Å². The number of H-pyrrole nitrogens is 1. The maximum Gasteiger partial charge on any atom is 0.408 e. The number of carbonyl (C=O) groups is 3. The molecule has 3 amide bonds. The molecule has 0 saturated carbocycles. The molecule has 1 aromatic carbocycles. The molecule has 1 heterocycles. The van der Waals surface area contributed by atoms with Gasteiger partial charge in [-0.25, -0.2) is 9.78 Å². The van der Waals surface area contributed by atoms with E-state index in [0.717, 1.165) is 5.56 Å². The van der Waals surface area contributed by atoms with E-state index in [1.54, 1.807) is 27.0 Å². The van der Waals surface area contributed by atoms with E-state index >= 15 is 0 Å². The molecule has 42 heavy (non-hydrogen) atoms. The fraction of sp³-hybridized carbons (Fsp3) is 0.613. The second-order valence-electron chi connectivity index (χ2n) is 12.7. The third-order valence-corrected chi connectivity index (χ3v) is 6.47. The number of benzene rings is 1. The molecule has 2 aromatic rings. The molecule has 0 spiro atoms. The highest BCUT2D eigenvalue weighted by Gasteiger charge is 2.33. The van der Waals surface area contributed by atoms with Crippen molar-refractivity contribution in [3.8, 4) is 0 Å². The van der Waals surface area contributed by atoms with Gasteiger partial charge in [0.1, 0.15) is 23.8 Å². The Balaban J connectivity index is 2.30. The number of nitrogens with one attached hydrogen (secondary N) is 4. The lowest BCUT2D eigenvalue weighted by molar-refractivity contribution is -0.131. The fourth-order valence-corrected chi connectivity index (χ4v) is 4.57. The summed E-state index contributed by atoms with van der Waals surface area (Å²) in [6.45, 7) is 13.0. The lowest BCUT2D eigenvalue weighted by Crippen LogP contribution is -2.58. The molecule has 6 N–H and O–H groups in total. The third-order valence-electron chi connectivity index (χ3n) is 6.47. The Morgan fingerprint density at radius 2 is 1.48 bits per heavy atom. The van der Waals surface area contributed by atoms with Crippen molar-refractivity contribution in [1.82, 2.24) is 25.9 Å². The summed E-state index contributed by atoms with van der Waals surface area (Å²) >= 11 is 0. The molecule has 234 valence electrons. The number of hydrogen-bond donors (Lipinski definition) is 6. The van der Waals surface area contributed by atoms with Crippen LogP contribution in [0, 0.1) is 11.8 Å². The highest BCUT2D eigenvalue weighted by atomic mass is 16.6. The molecule has 0 bridgehead atoms. The molecular formula is C31H49N5O6. The van der Waals surface area contributed by atoms with Gasteiger partial charge in [-0.05, 0) is 51.0 Å². The zero-order valence-electron chi connectivity index (χ0n) is 25.9. The Kier molecular flexibility index (Phi) is 13.5. The topological polar surface area (TPSA) is 166 Å². The molecule has 0 aliphatic carbocycles. The van der Waals surface area contributed by atoms with Crippen LogP contribution in [0.1, 0.15) is 72.6 Å². The Morgan fingerprint density at radius 3 is 2.02 bits per heavy atom. The van der Waals surface area contributed by atoms with Gasteiger partial charge in [0.15, 0.2) is 0 Å². The summed E-state index contributed by atoms with van der Waals surface area (Å²) in [5.74, 6) is -0.845. The van der Waals surface area contributed by atoms with Crippen molar-refractivity contribution in [2.75, 3.05) is 0 Å². The molecule has 0 aliphatic rings. The minimum Gasteiger partial charge on any atom is -0.444 e. The fourth-order valence-electron chi connectivity index (χ4n) is 4.57. The first-order valence-electron chi connectivity index (χ1n) is 14.6.